The molecule has 1 saturated heterocycles. The van der Waals surface area contributed by atoms with Gasteiger partial charge in [0.25, 0.3) is 0 Å². The molecule has 4 N–H and O–H groups in total. The van der Waals surface area contributed by atoms with E-state index in [4.69, 9.17) is 0 Å². The van der Waals surface area contributed by atoms with Crippen LogP contribution in [0, 0.1) is 0 Å². The fraction of sp³-hybridized carbons (Fsp3) is 0.350. The number of pyridine rings is 1. The molecule has 1 atom stereocenters. The van der Waals surface area contributed by atoms with Crippen LogP contribution in [0.5, 0.6) is 0 Å². The van der Waals surface area contributed by atoms with Crippen molar-refractivity contribution >= 4 is 28.6 Å². The number of halogens is 3. The van der Waals surface area contributed by atoms with Gasteiger partial charge in [-0.2, -0.15) is 13.2 Å². The average Bonchev–Trinajstić information content (AvgIpc) is 3.18. The summed E-state index contributed by atoms with van der Waals surface area (Å²) in [5.41, 5.74) is 1.32. The standard InChI is InChI=1S/C20H19F3N6O2/c21-20(22,23)15-8-10-11(17(27-15)29-7-2-1-6-14(10)29)9-24-18(30)25-12-4-3-5-13-16(12)28-19(31)26-13/h3-5,8,14H,1-2,6-7,9H2,(H2,24,25,30)(H2,26,28,31). The molecule has 2 bridgehead atoms. The zero-order valence-corrected chi connectivity index (χ0v) is 16.3. The summed E-state index contributed by atoms with van der Waals surface area (Å²) in [6, 6.07) is 5.46. The van der Waals surface area contributed by atoms with Crippen molar-refractivity contribution in [2.45, 2.75) is 38.0 Å². The van der Waals surface area contributed by atoms with E-state index in [-0.39, 0.29) is 12.6 Å². The largest absolute Gasteiger partial charge is 0.433 e. The number of amides is 2. The van der Waals surface area contributed by atoms with Gasteiger partial charge in [0.1, 0.15) is 11.5 Å². The molecule has 2 aliphatic rings. The van der Waals surface area contributed by atoms with Crippen molar-refractivity contribution in [2.24, 2.45) is 0 Å². The van der Waals surface area contributed by atoms with Crippen molar-refractivity contribution in [3.8, 4) is 0 Å². The van der Waals surface area contributed by atoms with Gasteiger partial charge in [-0.25, -0.2) is 14.6 Å². The van der Waals surface area contributed by atoms with E-state index in [1.54, 1.807) is 18.2 Å². The fourth-order valence-corrected chi connectivity index (χ4v) is 4.44. The Bertz CT molecular complexity index is 1200. The van der Waals surface area contributed by atoms with E-state index >= 15 is 0 Å². The lowest BCUT2D eigenvalue weighted by Gasteiger charge is -2.31. The van der Waals surface area contributed by atoms with Crippen molar-refractivity contribution in [3.05, 3.63) is 51.6 Å². The number of nitrogens with zero attached hydrogens (tertiary/aromatic N) is 2. The Hall–Kier alpha value is -3.50. The highest BCUT2D eigenvalue weighted by Gasteiger charge is 2.41. The SMILES string of the molecule is O=C(NCc1c2cc(C(F)(F)F)nc1N1CCCCC21)Nc1cccc2[nH]c(=O)[nH]c12. The van der Waals surface area contributed by atoms with Gasteiger partial charge in [-0.3, -0.25) is 0 Å². The zero-order valence-electron chi connectivity index (χ0n) is 16.3. The molecule has 1 aromatic carbocycles. The summed E-state index contributed by atoms with van der Waals surface area (Å²) in [6.07, 6.45) is -1.93. The average molecular weight is 432 g/mol. The van der Waals surface area contributed by atoms with Crippen LogP contribution in [-0.4, -0.2) is 27.5 Å². The molecule has 11 heteroatoms. The third kappa shape index (κ3) is 3.39. The molecule has 0 radical (unpaired) electrons. The summed E-state index contributed by atoms with van der Waals surface area (Å²) in [7, 11) is 0. The van der Waals surface area contributed by atoms with Crippen molar-refractivity contribution in [2.75, 3.05) is 16.8 Å². The van der Waals surface area contributed by atoms with E-state index in [0.29, 0.717) is 40.2 Å². The molecule has 2 amide bonds. The molecule has 8 nitrogen and oxygen atoms in total. The number of aromatic amines is 2. The molecular formula is C20H19F3N6O2. The predicted octanol–water partition coefficient (Wildman–Crippen LogP) is 3.64. The molecular weight excluding hydrogens is 413 g/mol. The maximum atomic E-state index is 13.3. The number of H-pyrrole nitrogens is 2. The number of carbonyl (C=O) groups is 1. The first kappa shape index (κ1) is 19.5. The van der Waals surface area contributed by atoms with Gasteiger partial charge in [-0.15, -0.1) is 0 Å². The first-order valence-corrected chi connectivity index (χ1v) is 9.95. The Morgan fingerprint density at radius 2 is 2.10 bits per heavy atom. The minimum Gasteiger partial charge on any atom is -0.349 e. The maximum absolute atomic E-state index is 13.3. The first-order chi connectivity index (χ1) is 14.8. The summed E-state index contributed by atoms with van der Waals surface area (Å²) in [4.78, 5) is 35.0. The van der Waals surface area contributed by atoms with E-state index in [9.17, 15) is 22.8 Å². The number of piperidine rings is 1. The molecule has 5 rings (SSSR count). The molecule has 0 aliphatic carbocycles. The lowest BCUT2D eigenvalue weighted by molar-refractivity contribution is -0.141. The second-order valence-corrected chi connectivity index (χ2v) is 7.72. The Labute approximate surface area is 173 Å². The second kappa shape index (κ2) is 7.03. The van der Waals surface area contributed by atoms with Gasteiger partial charge in [0.15, 0.2) is 0 Å². The molecule has 1 fully saturated rings. The van der Waals surface area contributed by atoms with Crippen molar-refractivity contribution in [1.29, 1.82) is 0 Å². The number of rotatable bonds is 3. The number of imidazole rings is 1. The van der Waals surface area contributed by atoms with Crippen LogP contribution < -0.4 is 21.2 Å². The third-order valence-electron chi connectivity index (χ3n) is 5.79. The number of aromatic nitrogens is 3. The molecule has 31 heavy (non-hydrogen) atoms. The Balaban J connectivity index is 1.38. The highest BCUT2D eigenvalue weighted by molar-refractivity contribution is 5.98. The highest BCUT2D eigenvalue weighted by atomic mass is 19.4. The molecule has 0 saturated carbocycles. The normalized spacial score (nSPS) is 17.6. The first-order valence-electron chi connectivity index (χ1n) is 9.95. The number of alkyl halides is 3. The van der Waals surface area contributed by atoms with Crippen LogP contribution in [0.25, 0.3) is 11.0 Å². The van der Waals surface area contributed by atoms with Gasteiger partial charge in [0, 0.05) is 18.7 Å². The van der Waals surface area contributed by atoms with Crippen molar-refractivity contribution < 1.29 is 18.0 Å². The van der Waals surface area contributed by atoms with E-state index < -0.39 is 23.6 Å². The topological polar surface area (TPSA) is 106 Å². The van der Waals surface area contributed by atoms with E-state index in [0.717, 1.165) is 25.3 Å². The predicted molar refractivity (Wildman–Crippen MR) is 108 cm³/mol. The maximum Gasteiger partial charge on any atom is 0.433 e. The fourth-order valence-electron chi connectivity index (χ4n) is 4.44. The highest BCUT2D eigenvalue weighted by Crippen LogP contribution is 2.47. The number of carbonyl (C=O) groups excluding carboxylic acids is 1. The molecule has 162 valence electrons. The van der Waals surface area contributed by atoms with Crippen LogP contribution in [0.15, 0.2) is 29.1 Å². The van der Waals surface area contributed by atoms with Crippen molar-refractivity contribution in [3.63, 3.8) is 0 Å². The summed E-state index contributed by atoms with van der Waals surface area (Å²) in [6.45, 7) is 0.693. The lowest BCUT2D eigenvalue weighted by atomic mass is 9.97. The van der Waals surface area contributed by atoms with Crippen LogP contribution >= 0.6 is 0 Å². The van der Waals surface area contributed by atoms with Crippen LogP contribution in [0.3, 0.4) is 0 Å². The minimum atomic E-state index is -4.52. The number of benzene rings is 1. The van der Waals surface area contributed by atoms with Gasteiger partial charge in [0.2, 0.25) is 0 Å². The molecule has 2 aliphatic heterocycles. The zero-order chi connectivity index (χ0) is 21.8. The van der Waals surface area contributed by atoms with Gasteiger partial charge in [0.05, 0.1) is 22.8 Å². The lowest BCUT2D eigenvalue weighted by Crippen LogP contribution is -2.30. The number of fused-ring (bicyclic) bond motifs is 6. The monoisotopic (exact) mass is 432 g/mol. The summed E-state index contributed by atoms with van der Waals surface area (Å²) in [5.74, 6) is 0.298. The number of nitrogens with one attached hydrogen (secondary N) is 4. The van der Waals surface area contributed by atoms with E-state index in [1.807, 2.05) is 4.90 Å². The Kier molecular flexibility index (Phi) is 4.42. The van der Waals surface area contributed by atoms with E-state index in [1.165, 1.54) is 0 Å². The summed E-state index contributed by atoms with van der Waals surface area (Å²) in [5, 5.41) is 5.38. The number of urea groups is 1. The molecule has 2 aromatic heterocycles. The second-order valence-electron chi connectivity index (χ2n) is 7.72. The van der Waals surface area contributed by atoms with Crippen molar-refractivity contribution in [1.82, 2.24) is 20.3 Å². The number of para-hydroxylation sites is 1. The number of hydrogen-bond acceptors (Lipinski definition) is 4. The minimum absolute atomic E-state index is 0.0499. The third-order valence-corrected chi connectivity index (χ3v) is 5.79. The van der Waals surface area contributed by atoms with Crippen LogP contribution in [0.1, 0.15) is 42.1 Å². The number of hydrogen-bond donors (Lipinski definition) is 4. The van der Waals surface area contributed by atoms with Crippen LogP contribution in [0.2, 0.25) is 0 Å². The Morgan fingerprint density at radius 3 is 2.90 bits per heavy atom. The molecule has 3 aromatic rings. The smallest absolute Gasteiger partial charge is 0.349 e. The summed E-state index contributed by atoms with van der Waals surface area (Å²) < 4.78 is 39.8. The quantitative estimate of drug-likeness (QED) is 0.507. The summed E-state index contributed by atoms with van der Waals surface area (Å²) >= 11 is 0. The number of anilines is 2. The van der Waals surface area contributed by atoms with Crippen LogP contribution in [-0.2, 0) is 12.7 Å². The van der Waals surface area contributed by atoms with Gasteiger partial charge < -0.3 is 25.5 Å². The molecule has 1 unspecified atom stereocenters. The van der Waals surface area contributed by atoms with Crippen LogP contribution in [0.4, 0.5) is 29.5 Å². The van der Waals surface area contributed by atoms with Gasteiger partial charge in [-0.1, -0.05) is 6.07 Å². The van der Waals surface area contributed by atoms with Gasteiger partial charge >= 0.3 is 17.9 Å². The molecule has 4 heterocycles. The van der Waals surface area contributed by atoms with Gasteiger partial charge in [-0.05, 0) is 43.0 Å². The van der Waals surface area contributed by atoms with E-state index in [2.05, 4.69) is 25.6 Å². The molecule has 0 spiro atoms. The Morgan fingerprint density at radius 1 is 1.26 bits per heavy atom.